The van der Waals surface area contributed by atoms with E-state index in [1.807, 2.05) is 0 Å². The number of nitro benzene ring substituents is 2. The standard InChI is InChI=1S/C24H22ClN3O6S.C13H8BrClN2O3.C11H16BNO5S/c1-16-2-8-20(35(32,33)27-10-12-34-13-11-27)15-22(16)21-9-7-19(14-23(21)28(30)31)26-24(29)17-3-5-18(25)6-4-17;14-11-6-5-10(7-12(11)17(19)20)16-13(18)8-1-3-9(15)4-2-8;1-9-2-3-10(8-11(9)12(14)15)19(16,17)13-4-6-18-7-5-13/h2-9,14-15H,10-13H2,1H3,(H,26,29);1-7H,(H,16,18);2-3,8,14-15H,4-7H2,1H3. The number of nitrogens with one attached hydrogen (secondary N) is 2. The van der Waals surface area contributed by atoms with Crippen LogP contribution in [0.15, 0.2) is 136 Å². The molecule has 0 unspecified atom stereocenters. The summed E-state index contributed by atoms with van der Waals surface area (Å²) in [5.41, 5.74) is 3.14. The third kappa shape index (κ3) is 14.6. The minimum atomic E-state index is -3.78. The Kier molecular flexibility index (Phi) is 19.6. The predicted molar refractivity (Wildman–Crippen MR) is 283 cm³/mol. The first kappa shape index (κ1) is 57.1. The SMILES string of the molecule is Cc1ccc(S(=O)(=O)N2CCOCC2)cc1-c1ccc(NC(=O)c2ccc(Cl)cc2)cc1[N+](=O)[O-].Cc1ccc(S(=O)(=O)N2CCOCC2)cc1B(O)O.O=C(Nc1ccc(Br)c([N+](=O)[O-])c1)c1ccc(Cl)cc1. The Bertz CT molecular complexity index is 3280. The number of anilines is 2. The zero-order valence-corrected chi connectivity index (χ0v) is 44.0. The van der Waals surface area contributed by atoms with E-state index in [4.69, 9.17) is 32.7 Å². The number of carbonyl (C=O) groups is 2. The lowest BCUT2D eigenvalue weighted by molar-refractivity contribution is -0.385. The molecular weight excluding hydrogens is 1110 g/mol. The van der Waals surface area contributed by atoms with Crippen LogP contribution in [-0.2, 0) is 29.5 Å². The van der Waals surface area contributed by atoms with E-state index >= 15 is 0 Å². The Balaban J connectivity index is 0.000000195. The molecule has 0 aromatic heterocycles. The van der Waals surface area contributed by atoms with Gasteiger partial charge in [-0.3, -0.25) is 29.8 Å². The van der Waals surface area contributed by atoms with Gasteiger partial charge in [0.25, 0.3) is 23.2 Å². The second-order valence-electron chi connectivity index (χ2n) is 16.2. The van der Waals surface area contributed by atoms with Crippen molar-refractivity contribution in [3.8, 4) is 11.1 Å². The van der Waals surface area contributed by atoms with Crippen molar-refractivity contribution in [3.63, 3.8) is 0 Å². The van der Waals surface area contributed by atoms with Gasteiger partial charge in [-0.15, -0.1) is 0 Å². The molecular formula is C48H46BBrCl2N6O14S2. The van der Waals surface area contributed by atoms with Crippen LogP contribution in [0.1, 0.15) is 31.8 Å². The lowest BCUT2D eigenvalue weighted by atomic mass is 9.77. The lowest BCUT2D eigenvalue weighted by Gasteiger charge is -2.26. The lowest BCUT2D eigenvalue weighted by Crippen LogP contribution is -2.41. The van der Waals surface area contributed by atoms with E-state index < -0.39 is 42.9 Å². The van der Waals surface area contributed by atoms with Gasteiger partial charge >= 0.3 is 7.12 Å². The molecule has 388 valence electrons. The summed E-state index contributed by atoms with van der Waals surface area (Å²) in [4.78, 5) is 46.2. The summed E-state index contributed by atoms with van der Waals surface area (Å²) in [6, 6.07) is 30.2. The molecule has 0 bridgehead atoms. The van der Waals surface area contributed by atoms with E-state index in [2.05, 4.69) is 26.6 Å². The first-order valence-corrected chi connectivity index (χ1v) is 26.6. The highest BCUT2D eigenvalue weighted by atomic mass is 79.9. The van der Waals surface area contributed by atoms with Crippen LogP contribution in [0, 0.1) is 34.1 Å². The van der Waals surface area contributed by atoms with E-state index in [1.165, 1.54) is 57.1 Å². The highest BCUT2D eigenvalue weighted by Gasteiger charge is 2.30. The van der Waals surface area contributed by atoms with Crippen LogP contribution in [0.4, 0.5) is 22.7 Å². The average molecular weight is 1160 g/mol. The monoisotopic (exact) mass is 1150 g/mol. The van der Waals surface area contributed by atoms with Gasteiger partial charge in [0.15, 0.2) is 0 Å². The van der Waals surface area contributed by atoms with Gasteiger partial charge in [-0.05, 0) is 143 Å². The number of aryl methyl sites for hydroxylation is 2. The van der Waals surface area contributed by atoms with Gasteiger partial charge in [-0.1, -0.05) is 40.9 Å². The molecule has 0 atom stereocenters. The minimum Gasteiger partial charge on any atom is -0.423 e. The fourth-order valence-electron chi connectivity index (χ4n) is 7.31. The van der Waals surface area contributed by atoms with Crippen molar-refractivity contribution in [2.24, 2.45) is 0 Å². The number of nitrogens with zero attached hydrogens (tertiary/aromatic N) is 4. The van der Waals surface area contributed by atoms with Crippen LogP contribution < -0.4 is 16.1 Å². The molecule has 2 aliphatic heterocycles. The van der Waals surface area contributed by atoms with Gasteiger partial charge in [-0.25, -0.2) is 16.8 Å². The molecule has 0 radical (unpaired) electrons. The molecule has 2 fully saturated rings. The molecule has 6 aromatic carbocycles. The maximum atomic E-state index is 13.1. The minimum absolute atomic E-state index is 0.0504. The van der Waals surface area contributed by atoms with Crippen molar-refractivity contribution in [2.75, 3.05) is 63.2 Å². The zero-order valence-electron chi connectivity index (χ0n) is 39.3. The van der Waals surface area contributed by atoms with Gasteiger partial charge in [0.05, 0.1) is 56.1 Å². The summed E-state index contributed by atoms with van der Waals surface area (Å²) >= 11 is 14.7. The summed E-state index contributed by atoms with van der Waals surface area (Å²) in [5, 5.41) is 47.4. The van der Waals surface area contributed by atoms with E-state index in [-0.39, 0.29) is 56.9 Å². The van der Waals surface area contributed by atoms with Crippen LogP contribution >= 0.6 is 39.1 Å². The number of hydrogen-bond acceptors (Lipinski definition) is 14. The number of benzene rings is 6. The predicted octanol–water partition coefficient (Wildman–Crippen LogP) is 7.46. The smallest absolute Gasteiger partial charge is 0.423 e. The molecule has 26 heteroatoms. The molecule has 2 aliphatic rings. The molecule has 0 aliphatic carbocycles. The molecule has 0 spiro atoms. The maximum absolute atomic E-state index is 13.1. The molecule has 8 rings (SSSR count). The largest absolute Gasteiger partial charge is 0.488 e. The highest BCUT2D eigenvalue weighted by Crippen LogP contribution is 2.36. The molecule has 2 amide bonds. The number of sulfonamides is 2. The van der Waals surface area contributed by atoms with E-state index in [9.17, 15) is 56.7 Å². The Morgan fingerprint density at radius 2 is 1.01 bits per heavy atom. The number of hydrogen-bond donors (Lipinski definition) is 4. The first-order chi connectivity index (χ1) is 35.1. The fourth-order valence-corrected chi connectivity index (χ4v) is 10.8. The zero-order chi connectivity index (χ0) is 53.9. The van der Waals surface area contributed by atoms with Gasteiger partial charge in [-0.2, -0.15) is 8.61 Å². The van der Waals surface area contributed by atoms with E-state index in [0.717, 1.165) is 0 Å². The van der Waals surface area contributed by atoms with Crippen LogP contribution in [0.2, 0.25) is 10.0 Å². The third-order valence-corrected chi connectivity index (χ3v) is 16.3. The number of ether oxygens (including phenoxy) is 2. The fraction of sp³-hybridized carbons (Fsp3) is 0.208. The summed E-state index contributed by atoms with van der Waals surface area (Å²) in [6.07, 6.45) is 0. The van der Waals surface area contributed by atoms with Crippen molar-refractivity contribution in [1.29, 1.82) is 0 Å². The van der Waals surface area contributed by atoms with Crippen molar-refractivity contribution >= 4 is 106 Å². The van der Waals surface area contributed by atoms with Crippen LogP contribution in [0.5, 0.6) is 0 Å². The number of halogens is 3. The second kappa shape index (κ2) is 25.4. The Labute approximate surface area is 444 Å². The molecule has 6 aromatic rings. The number of rotatable bonds is 12. The summed E-state index contributed by atoms with van der Waals surface area (Å²) in [5.74, 6) is -0.809. The number of nitro groups is 2. The van der Waals surface area contributed by atoms with Crippen molar-refractivity contribution in [2.45, 2.75) is 23.6 Å². The van der Waals surface area contributed by atoms with Crippen molar-refractivity contribution < 1.29 is 55.8 Å². The number of morpholine rings is 2. The van der Waals surface area contributed by atoms with Crippen LogP contribution in [0.3, 0.4) is 0 Å². The van der Waals surface area contributed by atoms with Crippen molar-refractivity contribution in [1.82, 2.24) is 8.61 Å². The average Bonchev–Trinajstić information content (AvgIpc) is 3.38. The van der Waals surface area contributed by atoms with Gasteiger partial charge < -0.3 is 30.2 Å². The molecule has 0 saturated carbocycles. The summed E-state index contributed by atoms with van der Waals surface area (Å²) in [7, 11) is -9.07. The Morgan fingerprint density at radius 3 is 1.46 bits per heavy atom. The molecule has 2 saturated heterocycles. The number of carbonyl (C=O) groups excluding carboxylic acids is 2. The Hall–Kier alpha value is -6.16. The summed E-state index contributed by atoms with van der Waals surface area (Å²) < 4.78 is 64.4. The van der Waals surface area contributed by atoms with Gasteiger partial charge in [0.1, 0.15) is 0 Å². The Morgan fingerprint density at radius 1 is 0.595 bits per heavy atom. The topological polar surface area (TPSA) is 278 Å². The third-order valence-electron chi connectivity index (χ3n) is 11.3. The number of amides is 2. The quantitative estimate of drug-likeness (QED) is 0.0526. The molecule has 4 N–H and O–H groups in total. The highest BCUT2D eigenvalue weighted by molar-refractivity contribution is 9.10. The van der Waals surface area contributed by atoms with Crippen LogP contribution in [0.25, 0.3) is 11.1 Å². The van der Waals surface area contributed by atoms with Gasteiger partial charge in [0.2, 0.25) is 20.0 Å². The molecule has 2 heterocycles. The van der Waals surface area contributed by atoms with E-state index in [0.29, 0.717) is 87.5 Å². The maximum Gasteiger partial charge on any atom is 0.488 e. The van der Waals surface area contributed by atoms with Gasteiger partial charge in [0, 0.05) is 70.9 Å². The van der Waals surface area contributed by atoms with Crippen molar-refractivity contribution in [3.05, 3.63) is 178 Å². The van der Waals surface area contributed by atoms with Crippen LogP contribution in [-0.4, -0.2) is 117 Å². The normalized spacial score (nSPS) is 14.0. The summed E-state index contributed by atoms with van der Waals surface area (Å²) in [6.45, 7) is 5.93. The second-order valence-corrected chi connectivity index (χ2v) is 21.8. The van der Waals surface area contributed by atoms with E-state index in [1.54, 1.807) is 86.6 Å². The molecule has 74 heavy (non-hydrogen) atoms. The first-order valence-electron chi connectivity index (χ1n) is 22.2. The molecule has 20 nitrogen and oxygen atoms in total.